The Labute approximate surface area is 182 Å². The molecule has 0 spiro atoms. The van der Waals surface area contributed by atoms with Gasteiger partial charge in [0.1, 0.15) is 5.82 Å². The molecule has 2 atom stereocenters. The van der Waals surface area contributed by atoms with E-state index in [4.69, 9.17) is 9.47 Å². The number of hydrogen-bond donors (Lipinski definition) is 2. The molecule has 170 valence electrons. The lowest BCUT2D eigenvalue weighted by Gasteiger charge is -2.25. The molecule has 3 amide bonds. The van der Waals surface area contributed by atoms with Gasteiger partial charge in [0, 0.05) is 45.3 Å². The number of nitrogens with one attached hydrogen (secondary N) is 2. The number of ether oxygens (including phenoxy) is 2. The Balaban J connectivity index is 1.48. The van der Waals surface area contributed by atoms with Crippen LogP contribution in [0.2, 0.25) is 0 Å². The van der Waals surface area contributed by atoms with Gasteiger partial charge in [-0.3, -0.25) is 14.4 Å². The quantitative estimate of drug-likeness (QED) is 0.579. The molecule has 9 nitrogen and oxygen atoms in total. The number of nitrogens with zero attached hydrogens (tertiary/aromatic N) is 2. The zero-order valence-corrected chi connectivity index (χ0v) is 18.1. The molecule has 0 bridgehead atoms. The lowest BCUT2D eigenvalue weighted by molar-refractivity contribution is -0.138. The fourth-order valence-electron chi connectivity index (χ4n) is 3.74. The molecular formula is C22H32N4O5. The van der Waals surface area contributed by atoms with E-state index in [1.54, 1.807) is 12.3 Å². The zero-order chi connectivity index (χ0) is 22.1. The van der Waals surface area contributed by atoms with Gasteiger partial charge in [0.15, 0.2) is 0 Å². The molecule has 9 heteroatoms. The Morgan fingerprint density at radius 3 is 2.52 bits per heavy atom. The summed E-state index contributed by atoms with van der Waals surface area (Å²) in [6.45, 7) is 4.06. The molecule has 3 rings (SSSR count). The van der Waals surface area contributed by atoms with Gasteiger partial charge in [-0.1, -0.05) is 0 Å². The maximum atomic E-state index is 12.8. The van der Waals surface area contributed by atoms with Crippen LogP contribution in [-0.4, -0.2) is 72.7 Å². The van der Waals surface area contributed by atoms with Gasteiger partial charge in [-0.15, -0.1) is 0 Å². The fourth-order valence-corrected chi connectivity index (χ4v) is 3.74. The van der Waals surface area contributed by atoms with Crippen molar-refractivity contribution in [3.8, 4) is 0 Å². The molecule has 2 aliphatic rings. The van der Waals surface area contributed by atoms with Gasteiger partial charge in [0.05, 0.1) is 18.8 Å². The molecule has 2 aliphatic heterocycles. The van der Waals surface area contributed by atoms with Gasteiger partial charge in [0.2, 0.25) is 17.7 Å². The second kappa shape index (κ2) is 11.8. The summed E-state index contributed by atoms with van der Waals surface area (Å²) in [5.74, 6) is -0.293. The van der Waals surface area contributed by atoms with Crippen LogP contribution in [0, 0.1) is 6.92 Å². The van der Waals surface area contributed by atoms with E-state index in [1.165, 1.54) is 4.90 Å². The number of carbonyl (C=O) groups is 3. The Hall–Kier alpha value is -2.52. The van der Waals surface area contributed by atoms with Crippen molar-refractivity contribution in [3.05, 3.63) is 23.9 Å². The number of aromatic nitrogens is 1. The van der Waals surface area contributed by atoms with Crippen molar-refractivity contribution in [1.29, 1.82) is 0 Å². The van der Waals surface area contributed by atoms with E-state index in [9.17, 15) is 14.4 Å². The number of carbonyl (C=O) groups excluding carboxylic acids is 3. The van der Waals surface area contributed by atoms with Gasteiger partial charge in [0.25, 0.3) is 0 Å². The summed E-state index contributed by atoms with van der Waals surface area (Å²) < 4.78 is 11.2. The summed E-state index contributed by atoms with van der Waals surface area (Å²) in [5.41, 5.74) is 0.984. The smallest absolute Gasteiger partial charge is 0.239 e. The molecule has 2 fully saturated rings. The minimum atomic E-state index is -0.286. The molecule has 3 heterocycles. The van der Waals surface area contributed by atoms with Gasteiger partial charge < -0.3 is 25.0 Å². The molecule has 0 saturated carbocycles. The van der Waals surface area contributed by atoms with Crippen LogP contribution in [0.25, 0.3) is 0 Å². The van der Waals surface area contributed by atoms with Crippen LogP contribution in [0.15, 0.2) is 18.3 Å². The van der Waals surface area contributed by atoms with Gasteiger partial charge >= 0.3 is 0 Å². The van der Waals surface area contributed by atoms with E-state index in [2.05, 4.69) is 15.6 Å². The first-order valence-corrected chi connectivity index (χ1v) is 11.0. The molecular weight excluding hydrogens is 400 g/mol. The number of aryl methyl sites for hydroxylation is 1. The Kier molecular flexibility index (Phi) is 8.78. The lowest BCUT2D eigenvalue weighted by Crippen LogP contribution is -2.45. The van der Waals surface area contributed by atoms with E-state index in [0.717, 1.165) is 37.9 Å². The van der Waals surface area contributed by atoms with Gasteiger partial charge in [-0.2, -0.15) is 0 Å². The highest BCUT2D eigenvalue weighted by Crippen LogP contribution is 2.15. The van der Waals surface area contributed by atoms with Crippen molar-refractivity contribution in [2.24, 2.45) is 0 Å². The fraction of sp³-hybridized carbons (Fsp3) is 0.636. The minimum absolute atomic E-state index is 0.0172. The molecule has 2 unspecified atom stereocenters. The molecule has 2 N–H and O–H groups in total. The predicted octanol–water partition coefficient (Wildman–Crippen LogP) is 1.41. The molecule has 2 saturated heterocycles. The van der Waals surface area contributed by atoms with Crippen molar-refractivity contribution in [2.75, 3.05) is 38.2 Å². The average molecular weight is 433 g/mol. The zero-order valence-electron chi connectivity index (χ0n) is 18.1. The molecule has 0 aliphatic carbocycles. The van der Waals surface area contributed by atoms with Crippen LogP contribution in [0.3, 0.4) is 0 Å². The van der Waals surface area contributed by atoms with E-state index < -0.39 is 0 Å². The molecule has 0 aromatic carbocycles. The van der Waals surface area contributed by atoms with Crippen molar-refractivity contribution < 1.29 is 23.9 Å². The second-order valence-electron chi connectivity index (χ2n) is 8.12. The Morgan fingerprint density at radius 2 is 1.84 bits per heavy atom. The highest BCUT2D eigenvalue weighted by atomic mass is 16.5. The van der Waals surface area contributed by atoms with Gasteiger partial charge in [-0.25, -0.2) is 4.98 Å². The maximum absolute atomic E-state index is 12.8. The molecule has 31 heavy (non-hydrogen) atoms. The Bertz CT molecular complexity index is 760. The minimum Gasteiger partial charge on any atom is -0.376 e. The second-order valence-corrected chi connectivity index (χ2v) is 8.12. The van der Waals surface area contributed by atoms with Crippen molar-refractivity contribution >= 4 is 23.5 Å². The topological polar surface area (TPSA) is 110 Å². The Morgan fingerprint density at radius 1 is 1.10 bits per heavy atom. The first kappa shape index (κ1) is 23.1. The van der Waals surface area contributed by atoms with E-state index in [-0.39, 0.29) is 49.3 Å². The van der Waals surface area contributed by atoms with E-state index in [0.29, 0.717) is 25.5 Å². The van der Waals surface area contributed by atoms with Gasteiger partial charge in [-0.05, 0) is 50.3 Å². The normalized spacial score (nSPS) is 20.4. The van der Waals surface area contributed by atoms with Crippen molar-refractivity contribution in [1.82, 2.24) is 15.2 Å². The molecule has 1 aromatic heterocycles. The number of pyridine rings is 1. The SMILES string of the molecule is Cc1ccnc(NC(=O)CCC(=O)N(CC(=O)NCC2CCCO2)CC2CCCO2)c1. The largest absolute Gasteiger partial charge is 0.376 e. The summed E-state index contributed by atoms with van der Waals surface area (Å²) in [5, 5.41) is 5.56. The molecule has 0 radical (unpaired) electrons. The summed E-state index contributed by atoms with van der Waals surface area (Å²) in [6, 6.07) is 3.61. The highest BCUT2D eigenvalue weighted by molar-refractivity contribution is 5.93. The molecule has 1 aromatic rings. The summed E-state index contributed by atoms with van der Waals surface area (Å²) in [7, 11) is 0. The number of anilines is 1. The monoisotopic (exact) mass is 432 g/mol. The van der Waals surface area contributed by atoms with E-state index >= 15 is 0 Å². The first-order chi connectivity index (χ1) is 15.0. The summed E-state index contributed by atoms with van der Waals surface area (Å²) in [4.78, 5) is 43.0. The third kappa shape index (κ3) is 7.91. The van der Waals surface area contributed by atoms with Crippen molar-refractivity contribution in [2.45, 2.75) is 57.7 Å². The summed E-state index contributed by atoms with van der Waals surface area (Å²) in [6.07, 6.45) is 5.38. The van der Waals surface area contributed by atoms with E-state index in [1.807, 2.05) is 13.0 Å². The van der Waals surface area contributed by atoms with Crippen LogP contribution in [0.1, 0.15) is 44.1 Å². The summed E-state index contributed by atoms with van der Waals surface area (Å²) >= 11 is 0. The first-order valence-electron chi connectivity index (χ1n) is 11.0. The van der Waals surface area contributed by atoms with Crippen LogP contribution < -0.4 is 10.6 Å². The highest BCUT2D eigenvalue weighted by Gasteiger charge is 2.25. The predicted molar refractivity (Wildman–Crippen MR) is 114 cm³/mol. The maximum Gasteiger partial charge on any atom is 0.239 e. The standard InChI is InChI=1S/C22H32N4O5/c1-16-8-9-23-19(12-16)25-20(27)6-7-22(29)26(14-18-5-3-11-31-18)15-21(28)24-13-17-4-2-10-30-17/h8-9,12,17-18H,2-7,10-11,13-15H2,1H3,(H,24,28)(H,23,25,27). The van der Waals surface area contributed by atoms with Crippen LogP contribution in [-0.2, 0) is 23.9 Å². The number of hydrogen-bond acceptors (Lipinski definition) is 6. The average Bonchev–Trinajstić information content (AvgIpc) is 3.44. The third-order valence-corrected chi connectivity index (χ3v) is 5.43. The van der Waals surface area contributed by atoms with Crippen LogP contribution in [0.5, 0.6) is 0 Å². The van der Waals surface area contributed by atoms with Crippen LogP contribution in [0.4, 0.5) is 5.82 Å². The lowest BCUT2D eigenvalue weighted by atomic mass is 10.2. The number of amides is 3. The number of rotatable bonds is 10. The van der Waals surface area contributed by atoms with Crippen LogP contribution >= 0.6 is 0 Å². The third-order valence-electron chi connectivity index (χ3n) is 5.43. The van der Waals surface area contributed by atoms with Crippen molar-refractivity contribution in [3.63, 3.8) is 0 Å².